The minimum atomic E-state index is -1.39. The molecular formula is C29H37N5O6S. The zero-order valence-electron chi connectivity index (χ0n) is 24.5. The summed E-state index contributed by atoms with van der Waals surface area (Å²) in [5, 5.41) is 9.44. The zero-order valence-corrected chi connectivity index (χ0v) is 25.4. The van der Waals surface area contributed by atoms with Crippen LogP contribution in [0.4, 0.5) is 0 Å². The maximum Gasteiger partial charge on any atom is 0.333 e. The molecule has 3 heterocycles. The summed E-state index contributed by atoms with van der Waals surface area (Å²) in [6.07, 6.45) is 2.69. The van der Waals surface area contributed by atoms with Gasteiger partial charge in [-0.25, -0.2) is 9.36 Å². The number of methoxy groups -OCH3 is 2. The Morgan fingerprint density at radius 3 is 2.39 bits per heavy atom. The summed E-state index contributed by atoms with van der Waals surface area (Å²) in [5.74, 6) is 0.466. The molecule has 0 radical (unpaired) electrons. The van der Waals surface area contributed by atoms with E-state index in [2.05, 4.69) is 10.2 Å². The Hall–Kier alpha value is -3.61. The lowest BCUT2D eigenvalue weighted by molar-refractivity contribution is -0.127. The predicted molar refractivity (Wildman–Crippen MR) is 157 cm³/mol. The van der Waals surface area contributed by atoms with Gasteiger partial charge in [0.25, 0.3) is 5.56 Å². The fourth-order valence-electron chi connectivity index (χ4n) is 4.86. The molecular weight excluding hydrogens is 546 g/mol. The van der Waals surface area contributed by atoms with Gasteiger partial charge in [-0.3, -0.25) is 14.2 Å². The Balaban J connectivity index is 2.01. The second-order valence-corrected chi connectivity index (χ2v) is 11.7. The number of ketones is 1. The molecule has 0 amide bonds. The SMILES string of the molecule is COCCO[C@@H](Cn1c(=O)n(C(C)(C)C(=O)CC(C)C)c(=O)c2c(C)c(-n3nccn3)sc21)c1ccccc1OC. The first kappa shape index (κ1) is 30.4. The molecule has 0 aliphatic heterocycles. The van der Waals surface area contributed by atoms with Crippen LogP contribution in [0.15, 0.2) is 46.2 Å². The predicted octanol–water partition coefficient (Wildman–Crippen LogP) is 3.88. The van der Waals surface area contributed by atoms with Crippen molar-refractivity contribution in [2.75, 3.05) is 27.4 Å². The smallest absolute Gasteiger partial charge is 0.333 e. The van der Waals surface area contributed by atoms with Gasteiger partial charge in [0.2, 0.25) is 0 Å². The van der Waals surface area contributed by atoms with Gasteiger partial charge in [0.1, 0.15) is 27.2 Å². The molecule has 0 spiro atoms. The number of para-hydroxylation sites is 1. The molecule has 0 aliphatic rings. The Bertz CT molecular complexity index is 1630. The number of thiophene rings is 1. The molecule has 3 aromatic heterocycles. The summed E-state index contributed by atoms with van der Waals surface area (Å²) in [4.78, 5) is 43.7. The van der Waals surface area contributed by atoms with Crippen molar-refractivity contribution in [2.45, 2.75) is 59.2 Å². The van der Waals surface area contributed by atoms with Crippen molar-refractivity contribution in [3.8, 4) is 10.8 Å². The molecule has 0 fully saturated rings. The summed E-state index contributed by atoms with van der Waals surface area (Å²) in [6.45, 7) is 9.58. The summed E-state index contributed by atoms with van der Waals surface area (Å²) in [5.41, 5.74) is -1.15. The maximum atomic E-state index is 14.3. The minimum absolute atomic E-state index is 0.0556. The van der Waals surface area contributed by atoms with Crippen molar-refractivity contribution in [1.82, 2.24) is 24.1 Å². The molecule has 12 heteroatoms. The van der Waals surface area contributed by atoms with Gasteiger partial charge >= 0.3 is 5.69 Å². The highest BCUT2D eigenvalue weighted by Gasteiger charge is 2.36. The molecule has 0 bridgehead atoms. The van der Waals surface area contributed by atoms with Gasteiger partial charge in [-0.15, -0.1) is 4.80 Å². The second kappa shape index (κ2) is 12.5. The molecule has 0 unspecified atom stereocenters. The van der Waals surface area contributed by atoms with E-state index < -0.39 is 22.9 Å². The number of fused-ring (bicyclic) bond motifs is 1. The van der Waals surface area contributed by atoms with Crippen LogP contribution in [0.25, 0.3) is 15.2 Å². The fourth-order valence-corrected chi connectivity index (χ4v) is 6.08. The molecule has 0 saturated carbocycles. The third kappa shape index (κ3) is 5.90. The van der Waals surface area contributed by atoms with E-state index in [0.29, 0.717) is 33.1 Å². The topological polar surface area (TPSA) is 119 Å². The van der Waals surface area contributed by atoms with Gasteiger partial charge in [0, 0.05) is 24.7 Å². The first-order chi connectivity index (χ1) is 19.5. The molecule has 4 aromatic rings. The number of rotatable bonds is 13. The van der Waals surface area contributed by atoms with Crippen molar-refractivity contribution in [3.05, 3.63) is 68.6 Å². The van der Waals surface area contributed by atoms with Gasteiger partial charge in [-0.05, 0) is 32.8 Å². The molecule has 11 nitrogen and oxygen atoms in total. The maximum absolute atomic E-state index is 14.3. The van der Waals surface area contributed by atoms with Crippen LogP contribution in [0.5, 0.6) is 5.75 Å². The van der Waals surface area contributed by atoms with Gasteiger partial charge in [0.15, 0.2) is 5.78 Å². The monoisotopic (exact) mass is 583 g/mol. The number of aryl methyl sites for hydroxylation is 1. The summed E-state index contributed by atoms with van der Waals surface area (Å²) in [6, 6.07) is 7.43. The summed E-state index contributed by atoms with van der Waals surface area (Å²) in [7, 11) is 3.16. The van der Waals surface area contributed by atoms with Crippen molar-refractivity contribution in [3.63, 3.8) is 0 Å². The third-order valence-corrected chi connectivity index (χ3v) is 8.34. The number of hydrogen-bond donors (Lipinski definition) is 0. The van der Waals surface area contributed by atoms with Crippen LogP contribution < -0.4 is 16.0 Å². The van der Waals surface area contributed by atoms with Crippen LogP contribution in [-0.2, 0) is 26.4 Å². The first-order valence-electron chi connectivity index (χ1n) is 13.5. The normalized spacial score (nSPS) is 12.8. The lowest BCUT2D eigenvalue weighted by Gasteiger charge is -2.28. The third-order valence-electron chi connectivity index (χ3n) is 7.06. The summed E-state index contributed by atoms with van der Waals surface area (Å²) < 4.78 is 19.7. The van der Waals surface area contributed by atoms with Crippen molar-refractivity contribution >= 4 is 27.3 Å². The highest BCUT2D eigenvalue weighted by Crippen LogP contribution is 2.34. The molecule has 0 saturated heterocycles. The van der Waals surface area contributed by atoms with Crippen molar-refractivity contribution in [2.24, 2.45) is 5.92 Å². The molecule has 0 aliphatic carbocycles. The van der Waals surface area contributed by atoms with Gasteiger partial charge in [-0.1, -0.05) is 43.4 Å². The number of carbonyl (C=O) groups is 1. The molecule has 1 atom stereocenters. The highest BCUT2D eigenvalue weighted by molar-refractivity contribution is 7.21. The Morgan fingerprint density at radius 1 is 1.07 bits per heavy atom. The standard InChI is InChI=1S/C29H37N5O6S/c1-18(2)16-23(35)29(4,5)33-25(36)24-19(3)26(34-30-12-13-31-34)41-27(24)32(28(33)37)17-22(40-15-14-38-6)20-10-8-9-11-21(20)39-7/h8-13,18,22H,14-17H2,1-7H3/t22-/m0/s1. The average molecular weight is 584 g/mol. The van der Waals surface area contributed by atoms with Crippen LogP contribution in [-0.4, -0.2) is 57.3 Å². The first-order valence-corrected chi connectivity index (χ1v) is 14.3. The van der Waals surface area contributed by atoms with E-state index in [0.717, 1.165) is 10.1 Å². The van der Waals surface area contributed by atoms with E-state index in [1.165, 1.54) is 20.7 Å². The second-order valence-electron chi connectivity index (χ2n) is 10.7. The van der Waals surface area contributed by atoms with E-state index in [-0.39, 0.29) is 31.3 Å². The van der Waals surface area contributed by atoms with Crippen molar-refractivity contribution < 1.29 is 19.0 Å². The zero-order chi connectivity index (χ0) is 29.9. The van der Waals surface area contributed by atoms with E-state index in [1.807, 2.05) is 38.1 Å². The fraction of sp³-hybridized carbons (Fsp3) is 0.483. The van der Waals surface area contributed by atoms with Crippen molar-refractivity contribution in [1.29, 1.82) is 0 Å². The van der Waals surface area contributed by atoms with Crippen LogP contribution in [0.2, 0.25) is 0 Å². The Kier molecular flexibility index (Phi) is 9.25. The number of Topliss-reactive ketones (excluding diaryl/α,β-unsaturated/α-hetero) is 1. The quantitative estimate of drug-likeness (QED) is 0.218. The lowest BCUT2D eigenvalue weighted by Crippen LogP contribution is -2.53. The van der Waals surface area contributed by atoms with Crippen LogP contribution in [0, 0.1) is 12.8 Å². The van der Waals surface area contributed by atoms with Gasteiger partial charge in [0.05, 0.1) is 44.6 Å². The largest absolute Gasteiger partial charge is 0.496 e. The van der Waals surface area contributed by atoms with E-state index >= 15 is 0 Å². The number of aromatic nitrogens is 5. The molecule has 220 valence electrons. The number of carbonyl (C=O) groups excluding carboxylic acids is 1. The van der Waals surface area contributed by atoms with Crippen LogP contribution in [0.1, 0.15) is 51.3 Å². The number of hydrogen-bond acceptors (Lipinski definition) is 9. The van der Waals surface area contributed by atoms with E-state index in [1.54, 1.807) is 47.4 Å². The minimum Gasteiger partial charge on any atom is -0.496 e. The number of nitrogens with zero attached hydrogens (tertiary/aromatic N) is 5. The van der Waals surface area contributed by atoms with E-state index in [4.69, 9.17) is 14.2 Å². The van der Waals surface area contributed by atoms with E-state index in [9.17, 15) is 14.4 Å². The van der Waals surface area contributed by atoms with Crippen LogP contribution in [0.3, 0.4) is 0 Å². The number of benzene rings is 1. The Morgan fingerprint density at radius 2 is 1.76 bits per heavy atom. The highest BCUT2D eigenvalue weighted by atomic mass is 32.1. The van der Waals surface area contributed by atoms with Gasteiger partial charge < -0.3 is 14.2 Å². The summed E-state index contributed by atoms with van der Waals surface area (Å²) >= 11 is 1.24. The Labute approximate surface area is 242 Å². The van der Waals surface area contributed by atoms with Crippen LogP contribution >= 0.6 is 11.3 Å². The molecule has 41 heavy (non-hydrogen) atoms. The lowest BCUT2D eigenvalue weighted by atomic mass is 9.91. The number of ether oxygens (including phenoxy) is 3. The molecule has 4 rings (SSSR count). The molecule has 0 N–H and O–H groups in total. The van der Waals surface area contributed by atoms with Gasteiger partial charge in [-0.2, -0.15) is 10.2 Å². The molecule has 1 aromatic carbocycles. The average Bonchev–Trinajstić information content (AvgIpc) is 3.58.